The normalized spacial score (nSPS) is 17.5. The van der Waals surface area contributed by atoms with Gasteiger partial charge in [0.2, 0.25) is 5.91 Å². The van der Waals surface area contributed by atoms with Crippen LogP contribution in [0, 0.1) is 5.92 Å². The summed E-state index contributed by atoms with van der Waals surface area (Å²) in [6.07, 6.45) is 1.28. The Bertz CT molecular complexity index is 968. The fourth-order valence-electron chi connectivity index (χ4n) is 3.55. The number of anilines is 1. The first kappa shape index (κ1) is 22.5. The third-order valence-corrected chi connectivity index (χ3v) is 8.53. The van der Waals surface area contributed by atoms with Crippen LogP contribution in [-0.4, -0.2) is 55.6 Å². The fraction of sp³-hybridized carbons (Fsp3) is 0.429. The van der Waals surface area contributed by atoms with Crippen LogP contribution < -0.4 is 5.32 Å². The highest BCUT2D eigenvalue weighted by Gasteiger charge is 2.33. The van der Waals surface area contributed by atoms with Crippen LogP contribution in [0.4, 0.5) is 5.69 Å². The molecule has 30 heavy (non-hydrogen) atoms. The van der Waals surface area contributed by atoms with E-state index in [1.165, 1.54) is 15.6 Å². The highest BCUT2D eigenvalue weighted by Crippen LogP contribution is 2.27. The minimum absolute atomic E-state index is 0.0421. The van der Waals surface area contributed by atoms with Gasteiger partial charge in [0.15, 0.2) is 0 Å². The number of carbonyl (C=O) groups is 2. The number of rotatable bonds is 7. The molecule has 1 aromatic heterocycles. The molecule has 7 nitrogen and oxygen atoms in total. The second-order valence-electron chi connectivity index (χ2n) is 7.18. The van der Waals surface area contributed by atoms with Crippen molar-refractivity contribution in [3.8, 4) is 0 Å². The maximum absolute atomic E-state index is 12.7. The van der Waals surface area contributed by atoms with Crippen molar-refractivity contribution in [2.75, 3.05) is 31.5 Å². The number of nitrogens with one attached hydrogen (secondary N) is 1. The Kier molecular flexibility index (Phi) is 7.27. The zero-order valence-electron chi connectivity index (χ0n) is 17.2. The first-order chi connectivity index (χ1) is 14.4. The minimum atomic E-state index is -3.56. The Morgan fingerprint density at radius 1 is 1.17 bits per heavy atom. The second-order valence-corrected chi connectivity index (χ2v) is 10.3. The van der Waals surface area contributed by atoms with Gasteiger partial charge < -0.3 is 10.2 Å². The number of hydrogen-bond donors (Lipinski definition) is 1. The molecule has 1 fully saturated rings. The Hall–Kier alpha value is -2.23. The van der Waals surface area contributed by atoms with E-state index in [2.05, 4.69) is 5.32 Å². The molecule has 1 atom stereocenters. The van der Waals surface area contributed by atoms with E-state index >= 15 is 0 Å². The van der Waals surface area contributed by atoms with Crippen LogP contribution in [-0.2, 0) is 14.8 Å². The highest BCUT2D eigenvalue weighted by molar-refractivity contribution is 7.91. The molecule has 3 rings (SSSR count). The van der Waals surface area contributed by atoms with Crippen LogP contribution in [0.2, 0.25) is 0 Å². The van der Waals surface area contributed by atoms with Gasteiger partial charge in [-0.25, -0.2) is 8.42 Å². The van der Waals surface area contributed by atoms with Crippen LogP contribution in [0.5, 0.6) is 0 Å². The molecule has 0 aliphatic carbocycles. The Morgan fingerprint density at radius 2 is 1.87 bits per heavy atom. The van der Waals surface area contributed by atoms with E-state index in [0.717, 1.165) is 0 Å². The van der Waals surface area contributed by atoms with Gasteiger partial charge in [-0.05, 0) is 62.4 Å². The van der Waals surface area contributed by atoms with Crippen molar-refractivity contribution in [2.45, 2.75) is 30.9 Å². The van der Waals surface area contributed by atoms with E-state index in [-0.39, 0.29) is 18.4 Å². The van der Waals surface area contributed by atoms with Gasteiger partial charge in [-0.15, -0.1) is 11.3 Å². The summed E-state index contributed by atoms with van der Waals surface area (Å²) in [4.78, 5) is 26.9. The van der Waals surface area contributed by atoms with Crippen molar-refractivity contribution in [2.24, 2.45) is 5.92 Å². The quantitative estimate of drug-likeness (QED) is 0.703. The van der Waals surface area contributed by atoms with Gasteiger partial charge in [0.05, 0.1) is 5.92 Å². The first-order valence-corrected chi connectivity index (χ1v) is 12.4. The van der Waals surface area contributed by atoms with E-state index in [1.54, 1.807) is 46.7 Å². The number of sulfonamides is 1. The molecule has 162 valence electrons. The van der Waals surface area contributed by atoms with Gasteiger partial charge in [-0.3, -0.25) is 9.59 Å². The molecule has 2 aromatic rings. The standard InChI is InChI=1S/C21H27N3O4S2/c1-3-23(4-2)21(26)16-9-11-18(12-10-16)22-20(25)17-7-5-13-24(15-17)30(27,28)19-8-6-14-29-19/h6,8-12,14,17H,3-5,7,13,15H2,1-2H3,(H,22,25). The fourth-order valence-corrected chi connectivity index (χ4v) is 6.21. The maximum Gasteiger partial charge on any atom is 0.253 e. The summed E-state index contributed by atoms with van der Waals surface area (Å²) in [5, 5.41) is 4.59. The first-order valence-electron chi connectivity index (χ1n) is 10.1. The molecule has 0 spiro atoms. The summed E-state index contributed by atoms with van der Waals surface area (Å²) in [5.74, 6) is -0.658. The number of carbonyl (C=O) groups excluding carboxylic acids is 2. The molecular weight excluding hydrogens is 422 g/mol. The highest BCUT2D eigenvalue weighted by atomic mass is 32.2. The summed E-state index contributed by atoms with van der Waals surface area (Å²) in [5.41, 5.74) is 1.16. The maximum atomic E-state index is 12.7. The molecule has 1 aromatic carbocycles. The third-order valence-electron chi connectivity index (χ3n) is 5.29. The zero-order chi connectivity index (χ0) is 21.7. The lowest BCUT2D eigenvalue weighted by atomic mass is 9.98. The predicted molar refractivity (Wildman–Crippen MR) is 118 cm³/mol. The van der Waals surface area contributed by atoms with Crippen molar-refractivity contribution in [3.63, 3.8) is 0 Å². The smallest absolute Gasteiger partial charge is 0.253 e. The van der Waals surface area contributed by atoms with E-state index < -0.39 is 15.9 Å². The Morgan fingerprint density at radius 3 is 2.47 bits per heavy atom. The van der Waals surface area contributed by atoms with Gasteiger partial charge in [0, 0.05) is 37.4 Å². The summed E-state index contributed by atoms with van der Waals surface area (Å²) in [6.45, 7) is 5.74. The van der Waals surface area contributed by atoms with Crippen LogP contribution in [0.1, 0.15) is 37.0 Å². The van der Waals surface area contributed by atoms with Gasteiger partial charge in [0.1, 0.15) is 4.21 Å². The SMILES string of the molecule is CCN(CC)C(=O)c1ccc(NC(=O)C2CCCN(S(=O)(=O)c3cccs3)C2)cc1. The number of hydrogen-bond acceptors (Lipinski definition) is 5. The van der Waals surface area contributed by atoms with Crippen molar-refractivity contribution < 1.29 is 18.0 Å². The molecule has 2 amide bonds. The number of nitrogens with zero attached hydrogens (tertiary/aromatic N) is 2. The monoisotopic (exact) mass is 449 g/mol. The zero-order valence-corrected chi connectivity index (χ0v) is 18.8. The van der Waals surface area contributed by atoms with Crippen LogP contribution in [0.15, 0.2) is 46.0 Å². The van der Waals surface area contributed by atoms with E-state index in [1.807, 2.05) is 13.8 Å². The minimum Gasteiger partial charge on any atom is -0.339 e. The van der Waals surface area contributed by atoms with Crippen LogP contribution >= 0.6 is 11.3 Å². The molecule has 1 saturated heterocycles. The number of amides is 2. The van der Waals surface area contributed by atoms with Gasteiger partial charge in [-0.2, -0.15) is 4.31 Å². The Labute approximate surface area is 181 Å². The third kappa shape index (κ3) is 4.91. The molecule has 0 bridgehead atoms. The van der Waals surface area contributed by atoms with Crippen molar-refractivity contribution in [1.29, 1.82) is 0 Å². The summed E-state index contributed by atoms with van der Waals surface area (Å²) in [7, 11) is -3.56. The lowest BCUT2D eigenvalue weighted by molar-refractivity contribution is -0.120. The summed E-state index contributed by atoms with van der Waals surface area (Å²) < 4.78 is 27.2. The van der Waals surface area contributed by atoms with Gasteiger partial charge in [0.25, 0.3) is 15.9 Å². The topological polar surface area (TPSA) is 86.8 Å². The predicted octanol–water partition coefficient (Wildman–Crippen LogP) is 3.27. The van der Waals surface area contributed by atoms with Gasteiger partial charge in [-0.1, -0.05) is 6.07 Å². The van der Waals surface area contributed by atoms with E-state index in [4.69, 9.17) is 0 Å². The molecule has 1 unspecified atom stereocenters. The average Bonchev–Trinajstić information content (AvgIpc) is 3.31. The van der Waals surface area contributed by atoms with Crippen molar-refractivity contribution >= 4 is 38.9 Å². The summed E-state index contributed by atoms with van der Waals surface area (Å²) >= 11 is 1.18. The van der Waals surface area contributed by atoms with Crippen LogP contribution in [0.25, 0.3) is 0 Å². The second kappa shape index (κ2) is 9.72. The largest absolute Gasteiger partial charge is 0.339 e. The molecule has 9 heteroatoms. The molecule has 0 saturated carbocycles. The lowest BCUT2D eigenvalue weighted by Crippen LogP contribution is -2.43. The number of piperidine rings is 1. The average molecular weight is 450 g/mol. The van der Waals surface area contributed by atoms with Gasteiger partial charge >= 0.3 is 0 Å². The van der Waals surface area contributed by atoms with E-state index in [0.29, 0.717) is 47.9 Å². The lowest BCUT2D eigenvalue weighted by Gasteiger charge is -2.30. The molecule has 2 heterocycles. The molecule has 1 aliphatic rings. The molecule has 0 radical (unpaired) electrons. The summed E-state index contributed by atoms with van der Waals surface area (Å²) in [6, 6.07) is 10.1. The molecule has 1 aliphatic heterocycles. The molecule has 1 N–H and O–H groups in total. The number of thiophene rings is 1. The van der Waals surface area contributed by atoms with Crippen molar-refractivity contribution in [3.05, 3.63) is 47.3 Å². The Balaban J connectivity index is 1.64. The van der Waals surface area contributed by atoms with E-state index in [9.17, 15) is 18.0 Å². The number of benzene rings is 1. The van der Waals surface area contributed by atoms with Crippen LogP contribution in [0.3, 0.4) is 0 Å². The molecular formula is C21H27N3O4S2. The van der Waals surface area contributed by atoms with Crippen molar-refractivity contribution in [1.82, 2.24) is 9.21 Å².